The summed E-state index contributed by atoms with van der Waals surface area (Å²) in [6.07, 6.45) is 1.34. The summed E-state index contributed by atoms with van der Waals surface area (Å²) in [5.74, 6) is -1.94. The Labute approximate surface area is 170 Å². The molecule has 3 aromatic rings. The van der Waals surface area contributed by atoms with Crippen LogP contribution in [-0.2, 0) is 10.0 Å². The third kappa shape index (κ3) is 4.90. The van der Waals surface area contributed by atoms with Gasteiger partial charge in [-0.25, -0.2) is 23.1 Å². The largest absolute Gasteiger partial charge is 0.478 e. The predicted molar refractivity (Wildman–Crippen MR) is 107 cm³/mol. The first-order valence-electron chi connectivity index (χ1n) is 8.27. The molecule has 0 amide bonds. The van der Waals surface area contributed by atoms with E-state index in [0.29, 0.717) is 17.0 Å². The zero-order chi connectivity index (χ0) is 21.9. The van der Waals surface area contributed by atoms with Crippen molar-refractivity contribution in [2.24, 2.45) is 10.2 Å². The number of hydrogen-bond donors (Lipinski definition) is 4. The molecule has 10 nitrogen and oxygen atoms in total. The number of rotatable bonds is 7. The molecule has 0 saturated heterocycles. The quantitative estimate of drug-likeness (QED) is 0.327. The molecule has 11 heteroatoms. The highest BCUT2D eigenvalue weighted by molar-refractivity contribution is 7.89. The van der Waals surface area contributed by atoms with E-state index >= 15 is 0 Å². The number of benzene rings is 2. The summed E-state index contributed by atoms with van der Waals surface area (Å²) in [7, 11) is -3.78. The highest BCUT2D eigenvalue weighted by atomic mass is 32.2. The standard InChI is InChI=1S/C19H15N3O7S/c20-30(27,28)16-4-1-14(2-5-16)22-21-10-15-3-6-17(29-15)11-7-12(18(23)24)9-13(8-11)19(25)26/h1-10,22H,(H,23,24)(H,25,26)(H2,20,27,28). The van der Waals surface area contributed by atoms with Crippen LogP contribution in [0.4, 0.5) is 5.69 Å². The van der Waals surface area contributed by atoms with Gasteiger partial charge in [-0.3, -0.25) is 5.43 Å². The minimum absolute atomic E-state index is 0.0305. The van der Waals surface area contributed by atoms with Gasteiger partial charge in [-0.15, -0.1) is 0 Å². The van der Waals surface area contributed by atoms with Crippen molar-refractivity contribution in [2.45, 2.75) is 4.90 Å². The lowest BCUT2D eigenvalue weighted by Gasteiger charge is -2.03. The van der Waals surface area contributed by atoms with Crippen molar-refractivity contribution in [3.8, 4) is 11.3 Å². The maximum absolute atomic E-state index is 11.2. The van der Waals surface area contributed by atoms with E-state index in [1.54, 1.807) is 12.1 Å². The number of nitrogens with two attached hydrogens (primary N) is 1. The van der Waals surface area contributed by atoms with Gasteiger partial charge in [0.1, 0.15) is 11.5 Å². The fourth-order valence-electron chi connectivity index (χ4n) is 2.48. The van der Waals surface area contributed by atoms with Gasteiger partial charge in [0.05, 0.1) is 27.9 Å². The first-order chi connectivity index (χ1) is 14.1. The van der Waals surface area contributed by atoms with E-state index in [1.807, 2.05) is 0 Å². The molecular weight excluding hydrogens is 414 g/mol. The van der Waals surface area contributed by atoms with Gasteiger partial charge in [0.25, 0.3) is 0 Å². The van der Waals surface area contributed by atoms with Crippen LogP contribution >= 0.6 is 0 Å². The Morgan fingerprint density at radius 3 is 2.10 bits per heavy atom. The molecule has 0 aliphatic rings. The monoisotopic (exact) mass is 429 g/mol. The molecular formula is C19H15N3O7S. The first-order valence-corrected chi connectivity index (χ1v) is 9.82. The zero-order valence-corrected chi connectivity index (χ0v) is 16.0. The number of anilines is 1. The molecule has 0 atom stereocenters. The third-order valence-corrected chi connectivity index (χ3v) is 4.84. The molecule has 0 radical (unpaired) electrons. The van der Waals surface area contributed by atoms with E-state index in [-0.39, 0.29) is 21.8 Å². The summed E-state index contributed by atoms with van der Waals surface area (Å²) in [4.78, 5) is 22.4. The minimum Gasteiger partial charge on any atom is -0.478 e. The molecule has 1 heterocycles. The maximum Gasteiger partial charge on any atom is 0.335 e. The van der Waals surface area contributed by atoms with Gasteiger partial charge in [0.2, 0.25) is 10.0 Å². The number of hydrogen-bond acceptors (Lipinski definition) is 7. The molecule has 0 unspecified atom stereocenters. The van der Waals surface area contributed by atoms with Crippen LogP contribution < -0.4 is 10.6 Å². The van der Waals surface area contributed by atoms with Gasteiger partial charge in [-0.2, -0.15) is 5.10 Å². The highest BCUT2D eigenvalue weighted by Crippen LogP contribution is 2.25. The van der Waals surface area contributed by atoms with Gasteiger partial charge in [-0.1, -0.05) is 0 Å². The van der Waals surface area contributed by atoms with Crippen LogP contribution in [0.3, 0.4) is 0 Å². The summed E-state index contributed by atoms with van der Waals surface area (Å²) in [6.45, 7) is 0. The van der Waals surface area contributed by atoms with Gasteiger partial charge in [-0.05, 0) is 54.6 Å². The maximum atomic E-state index is 11.2. The van der Waals surface area contributed by atoms with Crippen molar-refractivity contribution in [1.82, 2.24) is 0 Å². The van der Waals surface area contributed by atoms with Gasteiger partial charge in [0, 0.05) is 5.56 Å². The molecule has 2 aromatic carbocycles. The second kappa shape index (κ2) is 8.19. The molecule has 5 N–H and O–H groups in total. The summed E-state index contributed by atoms with van der Waals surface area (Å²) >= 11 is 0. The smallest absolute Gasteiger partial charge is 0.335 e. The van der Waals surface area contributed by atoms with Crippen molar-refractivity contribution >= 4 is 33.9 Å². The van der Waals surface area contributed by atoms with Crippen LogP contribution in [0.15, 0.2) is 69.0 Å². The minimum atomic E-state index is -3.78. The molecule has 0 spiro atoms. The summed E-state index contributed by atoms with van der Waals surface area (Å²) < 4.78 is 28.0. The van der Waals surface area contributed by atoms with Gasteiger partial charge in [0.15, 0.2) is 0 Å². The zero-order valence-electron chi connectivity index (χ0n) is 15.1. The van der Waals surface area contributed by atoms with Crippen LogP contribution in [0.1, 0.15) is 26.5 Å². The van der Waals surface area contributed by atoms with Crippen molar-refractivity contribution in [3.63, 3.8) is 0 Å². The summed E-state index contributed by atoms with van der Waals surface area (Å²) in [5, 5.41) is 27.3. The molecule has 0 bridgehead atoms. The molecule has 3 rings (SSSR count). The number of carbonyl (C=O) groups is 2. The van der Waals surface area contributed by atoms with Crippen molar-refractivity contribution < 1.29 is 32.6 Å². The van der Waals surface area contributed by atoms with E-state index in [4.69, 9.17) is 19.8 Å². The van der Waals surface area contributed by atoms with Gasteiger partial charge >= 0.3 is 11.9 Å². The van der Waals surface area contributed by atoms with Crippen LogP contribution in [-0.4, -0.2) is 36.8 Å². The lowest BCUT2D eigenvalue weighted by atomic mass is 10.0. The Kier molecular flexibility index (Phi) is 5.67. The number of nitrogens with one attached hydrogen (secondary N) is 1. The van der Waals surface area contributed by atoms with E-state index in [2.05, 4.69) is 10.5 Å². The van der Waals surface area contributed by atoms with E-state index in [1.165, 1.54) is 42.6 Å². The Hall–Kier alpha value is -3.96. The fraction of sp³-hybridized carbons (Fsp3) is 0. The molecule has 30 heavy (non-hydrogen) atoms. The first kappa shape index (κ1) is 20.8. The number of aromatic carboxylic acids is 2. The molecule has 1 aromatic heterocycles. The van der Waals surface area contributed by atoms with Crippen LogP contribution in [0, 0.1) is 0 Å². The molecule has 154 valence electrons. The molecule has 0 aliphatic carbocycles. The van der Waals surface area contributed by atoms with Crippen molar-refractivity contribution in [2.75, 3.05) is 5.43 Å². The summed E-state index contributed by atoms with van der Waals surface area (Å²) in [6, 6.07) is 12.4. The molecule has 0 aliphatic heterocycles. The number of sulfonamides is 1. The molecule has 0 saturated carbocycles. The average molecular weight is 429 g/mol. The average Bonchev–Trinajstić information content (AvgIpc) is 3.16. The highest BCUT2D eigenvalue weighted by Gasteiger charge is 2.14. The Bertz CT molecular complexity index is 1210. The van der Waals surface area contributed by atoms with Crippen molar-refractivity contribution in [1.29, 1.82) is 0 Å². The lowest BCUT2D eigenvalue weighted by Crippen LogP contribution is -2.11. The van der Waals surface area contributed by atoms with Crippen LogP contribution in [0.25, 0.3) is 11.3 Å². The molecule has 0 fully saturated rings. The summed E-state index contributed by atoms with van der Waals surface area (Å²) in [5.41, 5.74) is 3.12. The number of hydrazone groups is 1. The van der Waals surface area contributed by atoms with E-state index in [9.17, 15) is 18.0 Å². The normalized spacial score (nSPS) is 11.5. The third-order valence-electron chi connectivity index (χ3n) is 3.91. The number of nitrogens with zero attached hydrogens (tertiary/aromatic N) is 1. The van der Waals surface area contributed by atoms with E-state index in [0.717, 1.165) is 6.07 Å². The number of primary sulfonamides is 1. The van der Waals surface area contributed by atoms with Crippen LogP contribution in [0.5, 0.6) is 0 Å². The van der Waals surface area contributed by atoms with Crippen LogP contribution in [0.2, 0.25) is 0 Å². The number of furan rings is 1. The van der Waals surface area contributed by atoms with Crippen molar-refractivity contribution in [3.05, 3.63) is 71.5 Å². The topological polar surface area (TPSA) is 172 Å². The lowest BCUT2D eigenvalue weighted by molar-refractivity contribution is 0.0696. The number of carboxylic acid groups (broad SMARTS) is 2. The number of carboxylic acids is 2. The Morgan fingerprint density at radius 2 is 1.57 bits per heavy atom. The Balaban J connectivity index is 1.77. The Morgan fingerprint density at radius 1 is 0.967 bits per heavy atom. The second-order valence-corrected chi connectivity index (χ2v) is 7.61. The second-order valence-electron chi connectivity index (χ2n) is 6.05. The van der Waals surface area contributed by atoms with Gasteiger partial charge < -0.3 is 14.6 Å². The predicted octanol–water partition coefficient (Wildman–Crippen LogP) is 2.44. The fourth-order valence-corrected chi connectivity index (χ4v) is 3.00. The SMILES string of the molecule is NS(=O)(=O)c1ccc(NN=Cc2ccc(-c3cc(C(=O)O)cc(C(=O)O)c3)o2)cc1. The van der Waals surface area contributed by atoms with E-state index < -0.39 is 22.0 Å².